The van der Waals surface area contributed by atoms with E-state index in [9.17, 15) is 9.59 Å². The Kier molecular flexibility index (Phi) is 4.71. The Morgan fingerprint density at radius 3 is 2.42 bits per heavy atom. The van der Waals surface area contributed by atoms with Gasteiger partial charge in [-0.1, -0.05) is 12.1 Å². The lowest BCUT2D eigenvalue weighted by molar-refractivity contribution is -0.136. The average Bonchev–Trinajstić information content (AvgIpc) is 2.86. The molecule has 0 unspecified atom stereocenters. The molecule has 1 aliphatic heterocycles. The van der Waals surface area contributed by atoms with Gasteiger partial charge in [-0.25, -0.2) is 4.79 Å². The van der Waals surface area contributed by atoms with Crippen molar-refractivity contribution in [2.24, 2.45) is 0 Å². The number of hydrogen-bond acceptors (Lipinski definition) is 4. The molecular weight excluding hydrogens is 336 g/mol. The van der Waals surface area contributed by atoms with Crippen LogP contribution >= 0.6 is 0 Å². The molecule has 7 nitrogen and oxygen atoms in total. The van der Waals surface area contributed by atoms with Crippen molar-refractivity contribution in [3.8, 4) is 11.5 Å². The summed E-state index contributed by atoms with van der Waals surface area (Å²) >= 11 is 0. The van der Waals surface area contributed by atoms with Crippen LogP contribution in [0.4, 0.5) is 16.2 Å². The molecule has 2 aromatic rings. The van der Waals surface area contributed by atoms with Gasteiger partial charge in [0.1, 0.15) is 0 Å². The average molecular weight is 356 g/mol. The van der Waals surface area contributed by atoms with E-state index in [1.165, 1.54) is 0 Å². The molecule has 0 fully saturated rings. The summed E-state index contributed by atoms with van der Waals surface area (Å²) in [6.07, 6.45) is 0.452. The first-order valence-corrected chi connectivity index (χ1v) is 8.21. The number of amides is 2. The van der Waals surface area contributed by atoms with E-state index in [4.69, 9.17) is 14.6 Å². The Balaban J connectivity index is 1.61. The quantitative estimate of drug-likeness (QED) is 0.756. The standard InChI is InChI=1S/C19H20N2O5/c1-19(2)25-15-8-7-14(11-16(15)26-19)21-18(24)20-13-5-3-4-12(10-13)6-9-17(22)23/h3-5,7-8,10-11H,6,9H2,1-2H3,(H,22,23)(H2,20,21,24). The van der Waals surface area contributed by atoms with E-state index in [0.29, 0.717) is 29.3 Å². The van der Waals surface area contributed by atoms with Crippen molar-refractivity contribution in [2.45, 2.75) is 32.5 Å². The van der Waals surface area contributed by atoms with Gasteiger partial charge in [0.25, 0.3) is 0 Å². The minimum Gasteiger partial charge on any atom is -0.481 e. The number of ether oxygens (including phenoxy) is 2. The van der Waals surface area contributed by atoms with Crippen molar-refractivity contribution < 1.29 is 24.2 Å². The molecule has 0 saturated carbocycles. The lowest BCUT2D eigenvalue weighted by Gasteiger charge is -2.16. The fraction of sp³-hybridized carbons (Fsp3) is 0.263. The highest BCUT2D eigenvalue weighted by Gasteiger charge is 2.31. The number of urea groups is 1. The number of fused-ring (bicyclic) bond motifs is 1. The molecule has 7 heteroatoms. The van der Waals surface area contributed by atoms with Crippen LogP contribution in [0.25, 0.3) is 0 Å². The molecule has 0 saturated heterocycles. The van der Waals surface area contributed by atoms with Gasteiger partial charge in [-0.3, -0.25) is 4.79 Å². The number of benzene rings is 2. The molecule has 3 rings (SSSR count). The summed E-state index contributed by atoms with van der Waals surface area (Å²) in [6, 6.07) is 11.9. The van der Waals surface area contributed by atoms with E-state index in [1.54, 1.807) is 36.4 Å². The second-order valence-electron chi connectivity index (χ2n) is 6.44. The van der Waals surface area contributed by atoms with Gasteiger partial charge in [0.05, 0.1) is 0 Å². The van der Waals surface area contributed by atoms with Crippen LogP contribution in [0.1, 0.15) is 25.8 Å². The third-order valence-electron chi connectivity index (χ3n) is 3.73. The number of nitrogens with one attached hydrogen (secondary N) is 2. The van der Waals surface area contributed by atoms with E-state index in [1.807, 2.05) is 19.9 Å². The highest BCUT2D eigenvalue weighted by atomic mass is 16.7. The van der Waals surface area contributed by atoms with Gasteiger partial charge in [-0.15, -0.1) is 0 Å². The highest BCUT2D eigenvalue weighted by Crippen LogP contribution is 2.40. The molecule has 0 aliphatic carbocycles. The van der Waals surface area contributed by atoms with E-state index >= 15 is 0 Å². The number of carbonyl (C=O) groups is 2. The molecule has 0 bridgehead atoms. The highest BCUT2D eigenvalue weighted by molar-refractivity contribution is 6.00. The van der Waals surface area contributed by atoms with Crippen molar-refractivity contribution in [3.63, 3.8) is 0 Å². The summed E-state index contributed by atoms with van der Waals surface area (Å²) in [4.78, 5) is 22.9. The summed E-state index contributed by atoms with van der Waals surface area (Å²) in [6.45, 7) is 3.62. The normalized spacial score (nSPS) is 13.9. The molecule has 136 valence electrons. The fourth-order valence-corrected chi connectivity index (χ4v) is 2.65. The maximum Gasteiger partial charge on any atom is 0.323 e. The summed E-state index contributed by atoms with van der Waals surface area (Å²) in [7, 11) is 0. The van der Waals surface area contributed by atoms with Crippen LogP contribution in [-0.2, 0) is 11.2 Å². The summed E-state index contributed by atoms with van der Waals surface area (Å²) in [5.41, 5.74) is 2.01. The minimum atomic E-state index is -0.855. The molecule has 26 heavy (non-hydrogen) atoms. The van der Waals surface area contributed by atoms with Gasteiger partial charge in [0, 0.05) is 37.7 Å². The summed E-state index contributed by atoms with van der Waals surface area (Å²) in [5.74, 6) is -0.373. The Morgan fingerprint density at radius 1 is 1.00 bits per heavy atom. The van der Waals surface area contributed by atoms with Crippen LogP contribution in [0.2, 0.25) is 0 Å². The Morgan fingerprint density at radius 2 is 1.69 bits per heavy atom. The second kappa shape index (κ2) is 6.95. The molecule has 0 aromatic heterocycles. The van der Waals surface area contributed by atoms with E-state index in [-0.39, 0.29) is 6.42 Å². The van der Waals surface area contributed by atoms with Gasteiger partial charge in [0.2, 0.25) is 5.79 Å². The lowest BCUT2D eigenvalue weighted by atomic mass is 10.1. The number of carboxylic acids is 1. The fourth-order valence-electron chi connectivity index (χ4n) is 2.65. The lowest BCUT2D eigenvalue weighted by Crippen LogP contribution is -2.29. The minimum absolute atomic E-state index is 0.0448. The molecule has 0 atom stereocenters. The molecule has 0 radical (unpaired) electrons. The first-order chi connectivity index (χ1) is 12.3. The zero-order chi connectivity index (χ0) is 18.7. The molecule has 1 heterocycles. The first-order valence-electron chi connectivity index (χ1n) is 8.21. The Bertz CT molecular complexity index is 848. The third kappa shape index (κ3) is 4.44. The summed E-state index contributed by atoms with van der Waals surface area (Å²) < 4.78 is 11.3. The maximum absolute atomic E-state index is 12.2. The SMILES string of the molecule is CC1(C)Oc2ccc(NC(=O)Nc3cccc(CCC(=O)O)c3)cc2O1. The maximum atomic E-state index is 12.2. The number of hydrogen-bond donors (Lipinski definition) is 3. The van der Waals surface area contributed by atoms with Crippen LogP contribution < -0.4 is 20.1 Å². The number of anilines is 2. The predicted octanol–water partition coefficient (Wildman–Crippen LogP) is 3.86. The van der Waals surface area contributed by atoms with E-state index in [2.05, 4.69) is 10.6 Å². The monoisotopic (exact) mass is 356 g/mol. The molecule has 2 aromatic carbocycles. The third-order valence-corrected chi connectivity index (χ3v) is 3.73. The number of carboxylic acid groups (broad SMARTS) is 1. The second-order valence-corrected chi connectivity index (χ2v) is 6.44. The molecule has 2 amide bonds. The van der Waals surface area contributed by atoms with Crippen LogP contribution in [0.15, 0.2) is 42.5 Å². The molecule has 1 aliphatic rings. The Labute approximate surface area is 150 Å². The molecule has 3 N–H and O–H groups in total. The predicted molar refractivity (Wildman–Crippen MR) is 96.8 cm³/mol. The van der Waals surface area contributed by atoms with Crippen LogP contribution in [0.3, 0.4) is 0 Å². The smallest absolute Gasteiger partial charge is 0.323 e. The first kappa shape index (κ1) is 17.6. The Hall–Kier alpha value is -3.22. The molecule has 0 spiro atoms. The van der Waals surface area contributed by atoms with Crippen molar-refractivity contribution in [1.29, 1.82) is 0 Å². The zero-order valence-corrected chi connectivity index (χ0v) is 14.5. The molecular formula is C19H20N2O5. The van der Waals surface area contributed by atoms with E-state index < -0.39 is 17.8 Å². The van der Waals surface area contributed by atoms with Crippen molar-refractivity contribution in [2.75, 3.05) is 10.6 Å². The van der Waals surface area contributed by atoms with Crippen LogP contribution in [0.5, 0.6) is 11.5 Å². The van der Waals surface area contributed by atoms with Gasteiger partial charge in [-0.05, 0) is 36.2 Å². The van der Waals surface area contributed by atoms with Crippen LogP contribution in [0, 0.1) is 0 Å². The van der Waals surface area contributed by atoms with Gasteiger partial charge in [-0.2, -0.15) is 0 Å². The summed E-state index contributed by atoms with van der Waals surface area (Å²) in [5, 5.41) is 14.2. The van der Waals surface area contributed by atoms with Crippen molar-refractivity contribution in [1.82, 2.24) is 0 Å². The van der Waals surface area contributed by atoms with Crippen molar-refractivity contribution in [3.05, 3.63) is 48.0 Å². The number of carbonyl (C=O) groups excluding carboxylic acids is 1. The van der Waals surface area contributed by atoms with E-state index in [0.717, 1.165) is 5.56 Å². The number of aryl methyl sites for hydroxylation is 1. The number of aliphatic carboxylic acids is 1. The number of rotatable bonds is 5. The van der Waals surface area contributed by atoms with Gasteiger partial charge >= 0.3 is 12.0 Å². The largest absolute Gasteiger partial charge is 0.481 e. The van der Waals surface area contributed by atoms with Gasteiger partial charge in [0.15, 0.2) is 11.5 Å². The zero-order valence-electron chi connectivity index (χ0n) is 14.5. The van der Waals surface area contributed by atoms with Crippen LogP contribution in [-0.4, -0.2) is 22.9 Å². The van der Waals surface area contributed by atoms with Gasteiger partial charge < -0.3 is 25.2 Å². The van der Waals surface area contributed by atoms with Crippen molar-refractivity contribution >= 4 is 23.4 Å². The topological polar surface area (TPSA) is 96.9 Å².